The summed E-state index contributed by atoms with van der Waals surface area (Å²) in [4.78, 5) is 28.0. The second-order valence-corrected chi connectivity index (χ2v) is 9.28. The van der Waals surface area contributed by atoms with E-state index in [0.717, 1.165) is 38.8 Å². The Balaban J connectivity index is 1.28. The fraction of sp³-hybridized carbons (Fsp3) is 0.583. The lowest BCUT2D eigenvalue weighted by Crippen LogP contribution is -2.36. The van der Waals surface area contributed by atoms with Gasteiger partial charge in [-0.25, -0.2) is 0 Å². The Morgan fingerprint density at radius 1 is 1.03 bits per heavy atom. The minimum atomic E-state index is -4.79. The minimum absolute atomic E-state index is 0.0350. The summed E-state index contributed by atoms with van der Waals surface area (Å²) in [6.07, 6.45) is 2.56. The number of carbonyl (C=O) groups excluding carboxylic acids is 1. The van der Waals surface area contributed by atoms with Crippen LogP contribution in [0, 0.1) is 5.92 Å². The van der Waals surface area contributed by atoms with Crippen molar-refractivity contribution in [3.63, 3.8) is 0 Å². The first-order valence-electron chi connectivity index (χ1n) is 12.4. The van der Waals surface area contributed by atoms with Gasteiger partial charge >= 0.3 is 6.36 Å². The van der Waals surface area contributed by atoms with Crippen LogP contribution in [0.15, 0.2) is 24.3 Å². The molecule has 1 saturated carbocycles. The number of alkyl halides is 3. The monoisotopic (exact) mass is 507 g/mol. The van der Waals surface area contributed by atoms with Crippen molar-refractivity contribution in [2.75, 3.05) is 29.0 Å². The number of hydrogen-bond acceptors (Lipinski definition) is 8. The van der Waals surface area contributed by atoms with Gasteiger partial charge in [0.25, 0.3) is 0 Å². The summed E-state index contributed by atoms with van der Waals surface area (Å²) in [5, 5.41) is 6.09. The van der Waals surface area contributed by atoms with Crippen LogP contribution in [0.2, 0.25) is 0 Å². The smallest absolute Gasteiger partial charge is 0.405 e. The molecule has 196 valence electrons. The summed E-state index contributed by atoms with van der Waals surface area (Å²) >= 11 is 0. The Labute approximate surface area is 208 Å². The zero-order chi connectivity index (χ0) is 25.5. The van der Waals surface area contributed by atoms with Gasteiger partial charge in [0.05, 0.1) is 0 Å². The first-order valence-corrected chi connectivity index (χ1v) is 12.4. The number of anilines is 3. The summed E-state index contributed by atoms with van der Waals surface area (Å²) < 4.78 is 41.9. The molecule has 0 atom stereocenters. The molecule has 1 saturated heterocycles. The molecule has 0 bridgehead atoms. The second-order valence-electron chi connectivity index (χ2n) is 9.28. The van der Waals surface area contributed by atoms with Gasteiger partial charge in [0.15, 0.2) is 0 Å². The molecule has 1 aromatic heterocycles. The number of nitrogen functional groups attached to an aromatic ring is 1. The number of nitrogens with zero attached hydrogens (tertiary/aromatic N) is 4. The fourth-order valence-corrected chi connectivity index (χ4v) is 4.74. The highest BCUT2D eigenvalue weighted by atomic mass is 19.4. The molecular weight excluding hydrogens is 475 g/mol. The minimum Gasteiger partial charge on any atom is -0.405 e. The average Bonchev–Trinajstić information content (AvgIpc) is 3.12. The third kappa shape index (κ3) is 7.34. The molecule has 2 aromatic rings. The van der Waals surface area contributed by atoms with Crippen molar-refractivity contribution in [1.29, 1.82) is 0 Å². The lowest BCUT2D eigenvalue weighted by Gasteiger charge is -2.29. The van der Waals surface area contributed by atoms with Crippen molar-refractivity contribution < 1.29 is 22.7 Å². The van der Waals surface area contributed by atoms with Gasteiger partial charge in [-0.05, 0) is 44.6 Å². The van der Waals surface area contributed by atoms with Crippen molar-refractivity contribution in [1.82, 2.24) is 20.3 Å². The molecule has 0 unspecified atom stereocenters. The van der Waals surface area contributed by atoms with Gasteiger partial charge in [0, 0.05) is 37.2 Å². The molecule has 9 nitrogen and oxygen atoms in total. The van der Waals surface area contributed by atoms with E-state index in [0.29, 0.717) is 24.7 Å². The second kappa shape index (κ2) is 11.6. The highest BCUT2D eigenvalue weighted by Gasteiger charge is 2.32. The van der Waals surface area contributed by atoms with Crippen molar-refractivity contribution in [3.05, 3.63) is 29.8 Å². The van der Waals surface area contributed by atoms with Crippen molar-refractivity contribution in [2.24, 2.45) is 5.92 Å². The van der Waals surface area contributed by atoms with Crippen molar-refractivity contribution in [2.45, 2.75) is 70.3 Å². The van der Waals surface area contributed by atoms with E-state index < -0.39 is 6.36 Å². The van der Waals surface area contributed by atoms with Crippen LogP contribution in [-0.2, 0) is 11.3 Å². The lowest BCUT2D eigenvalue weighted by atomic mass is 9.85. The van der Waals surface area contributed by atoms with Gasteiger partial charge in [-0.3, -0.25) is 4.79 Å². The first-order chi connectivity index (χ1) is 17.3. The van der Waals surface area contributed by atoms with Crippen LogP contribution in [0.1, 0.15) is 56.9 Å². The van der Waals surface area contributed by atoms with Gasteiger partial charge in [0.1, 0.15) is 5.75 Å². The van der Waals surface area contributed by atoms with Gasteiger partial charge < -0.3 is 26.0 Å². The molecule has 1 aliphatic heterocycles. The molecular formula is C24H32F3N7O2. The largest absolute Gasteiger partial charge is 0.573 e. The number of nitrogens with one attached hydrogen (secondary N) is 2. The Kier molecular flexibility index (Phi) is 8.32. The van der Waals surface area contributed by atoms with E-state index in [4.69, 9.17) is 5.73 Å². The summed E-state index contributed by atoms with van der Waals surface area (Å²) in [5.74, 6) is 0.507. The van der Waals surface area contributed by atoms with Gasteiger partial charge in [0.2, 0.25) is 23.8 Å². The third-order valence-electron chi connectivity index (χ3n) is 6.61. The van der Waals surface area contributed by atoms with E-state index >= 15 is 0 Å². The average molecular weight is 508 g/mol. The number of aromatic nitrogens is 3. The van der Waals surface area contributed by atoms with Crippen LogP contribution < -0.4 is 26.0 Å². The van der Waals surface area contributed by atoms with Crippen LogP contribution in [0.5, 0.6) is 5.75 Å². The van der Waals surface area contributed by atoms with E-state index in [1.54, 1.807) is 6.07 Å². The van der Waals surface area contributed by atoms with E-state index in [1.807, 2.05) is 0 Å². The van der Waals surface area contributed by atoms with Crippen LogP contribution in [0.4, 0.5) is 31.0 Å². The highest BCUT2D eigenvalue weighted by Crippen LogP contribution is 2.29. The van der Waals surface area contributed by atoms with Gasteiger partial charge in [-0.2, -0.15) is 15.0 Å². The van der Waals surface area contributed by atoms with Crippen LogP contribution in [0.25, 0.3) is 0 Å². The normalized spacial score (nSPS) is 20.9. The molecule has 4 rings (SSSR count). The molecule has 1 amide bonds. The Hall–Kier alpha value is -3.31. The fourth-order valence-electron chi connectivity index (χ4n) is 4.74. The number of ether oxygens (including phenoxy) is 1. The standard InChI is InChI=1S/C24H32F3N7O2/c25-24(26,27)36-19-8-4-3-7-17(19)15-29-20(35)16-9-11-18(12-10-16)30-22-31-21(28)32-23(33-22)34-13-5-1-2-6-14-34/h3-4,7-8,16,18H,1-2,5-6,9-15H2,(H,29,35)(H3,28,30,31,32,33)/t16-,18+. The zero-order valence-electron chi connectivity index (χ0n) is 20.1. The summed E-state index contributed by atoms with van der Waals surface area (Å²) in [6, 6.07) is 5.89. The lowest BCUT2D eigenvalue weighted by molar-refractivity contribution is -0.274. The van der Waals surface area contributed by atoms with Crippen LogP contribution in [0.3, 0.4) is 0 Å². The Morgan fingerprint density at radius 2 is 1.72 bits per heavy atom. The maximum absolute atomic E-state index is 12.7. The van der Waals surface area contributed by atoms with E-state index in [2.05, 4.69) is 35.2 Å². The maximum Gasteiger partial charge on any atom is 0.573 e. The number of carbonyl (C=O) groups is 1. The molecule has 36 heavy (non-hydrogen) atoms. The number of amides is 1. The molecule has 2 aliphatic rings. The van der Waals surface area contributed by atoms with E-state index in [1.165, 1.54) is 31.0 Å². The molecule has 1 aliphatic carbocycles. The number of benzene rings is 1. The molecule has 12 heteroatoms. The Morgan fingerprint density at radius 3 is 2.42 bits per heavy atom. The number of rotatable bonds is 7. The topological polar surface area (TPSA) is 118 Å². The van der Waals surface area contributed by atoms with Crippen molar-refractivity contribution >= 4 is 23.8 Å². The molecule has 0 spiro atoms. The van der Waals surface area contributed by atoms with Crippen LogP contribution >= 0.6 is 0 Å². The predicted molar refractivity (Wildman–Crippen MR) is 129 cm³/mol. The third-order valence-corrected chi connectivity index (χ3v) is 6.61. The molecule has 2 fully saturated rings. The summed E-state index contributed by atoms with van der Waals surface area (Å²) in [6.45, 7) is 1.76. The maximum atomic E-state index is 12.7. The number of halogens is 3. The molecule has 2 heterocycles. The first kappa shape index (κ1) is 25.8. The quantitative estimate of drug-likeness (QED) is 0.514. The predicted octanol–water partition coefficient (Wildman–Crippen LogP) is 4.02. The Bertz CT molecular complexity index is 1020. The zero-order valence-corrected chi connectivity index (χ0v) is 20.1. The highest BCUT2D eigenvalue weighted by molar-refractivity contribution is 5.78. The number of hydrogen-bond donors (Lipinski definition) is 3. The van der Waals surface area contributed by atoms with E-state index in [9.17, 15) is 18.0 Å². The molecule has 0 radical (unpaired) electrons. The summed E-state index contributed by atoms with van der Waals surface area (Å²) in [7, 11) is 0. The van der Waals surface area contributed by atoms with Gasteiger partial charge in [-0.15, -0.1) is 13.2 Å². The van der Waals surface area contributed by atoms with Crippen LogP contribution in [-0.4, -0.2) is 46.4 Å². The number of para-hydroxylation sites is 1. The molecule has 1 aromatic carbocycles. The number of nitrogens with two attached hydrogens (primary N) is 1. The van der Waals surface area contributed by atoms with Crippen molar-refractivity contribution in [3.8, 4) is 5.75 Å². The summed E-state index contributed by atoms with van der Waals surface area (Å²) in [5.41, 5.74) is 6.21. The van der Waals surface area contributed by atoms with E-state index in [-0.39, 0.29) is 41.7 Å². The molecule has 4 N–H and O–H groups in total. The van der Waals surface area contributed by atoms with Gasteiger partial charge in [-0.1, -0.05) is 31.0 Å². The SMILES string of the molecule is Nc1nc(N[C@H]2CC[C@@H](C(=O)NCc3ccccc3OC(F)(F)F)CC2)nc(N2CCCCCC2)n1.